The van der Waals surface area contributed by atoms with Gasteiger partial charge in [0.05, 0.1) is 17.7 Å². The molecule has 8 heteroatoms. The van der Waals surface area contributed by atoms with Crippen molar-refractivity contribution in [3.8, 4) is 0 Å². The third-order valence-electron chi connectivity index (χ3n) is 5.51. The molecule has 1 heterocycles. The lowest BCUT2D eigenvalue weighted by atomic mass is 10.1. The van der Waals surface area contributed by atoms with Gasteiger partial charge in [0.25, 0.3) is 0 Å². The van der Waals surface area contributed by atoms with Crippen molar-refractivity contribution in [1.82, 2.24) is 9.21 Å². The molecule has 6 nitrogen and oxygen atoms in total. The van der Waals surface area contributed by atoms with E-state index in [1.54, 1.807) is 24.3 Å². The summed E-state index contributed by atoms with van der Waals surface area (Å²) in [4.78, 5) is 26.3. The summed E-state index contributed by atoms with van der Waals surface area (Å²) in [6, 6.07) is 12.4. The largest absolute Gasteiger partial charge is 0.481 e. The lowest BCUT2D eigenvalue weighted by molar-refractivity contribution is -0.136. The number of hydrogen-bond acceptors (Lipinski definition) is 3. The van der Waals surface area contributed by atoms with E-state index in [-0.39, 0.29) is 24.4 Å². The first-order valence-electron chi connectivity index (χ1n) is 10.2. The number of amides is 1. The molecule has 0 spiro atoms. The molecule has 31 heavy (non-hydrogen) atoms. The molecule has 1 saturated heterocycles. The Bertz CT molecular complexity index is 984. The smallest absolute Gasteiger partial charge is 0.307 e. The van der Waals surface area contributed by atoms with Crippen molar-refractivity contribution >= 4 is 34.5 Å². The first kappa shape index (κ1) is 23.4. The van der Waals surface area contributed by atoms with Gasteiger partial charge in [-0.2, -0.15) is 0 Å². The van der Waals surface area contributed by atoms with Gasteiger partial charge in [0, 0.05) is 30.2 Å². The highest BCUT2D eigenvalue weighted by Crippen LogP contribution is 2.25. The summed E-state index contributed by atoms with van der Waals surface area (Å²) in [5.74, 6) is -0.883. The number of hydrogen-bond donors (Lipinski definition) is 1. The molecule has 3 atom stereocenters. The van der Waals surface area contributed by atoms with Crippen LogP contribution in [0, 0.1) is 6.92 Å². The van der Waals surface area contributed by atoms with E-state index in [0.29, 0.717) is 35.0 Å². The molecule has 3 rings (SSSR count). The number of piperazine rings is 1. The Morgan fingerprint density at radius 1 is 1.06 bits per heavy atom. The third-order valence-corrected chi connectivity index (χ3v) is 7.53. The SMILES string of the molecule is Cc1ccc(S(=O)N2[C@H](C)CN(C(=O)Cc3ccc(Cl)cc3)C[C@@H]2C)cc1CC(=O)O. The zero-order valence-corrected chi connectivity index (χ0v) is 19.4. The monoisotopic (exact) mass is 462 g/mol. The molecule has 1 aliphatic rings. The van der Waals surface area contributed by atoms with Crippen LogP contribution in [0.4, 0.5) is 0 Å². The Morgan fingerprint density at radius 2 is 1.68 bits per heavy atom. The van der Waals surface area contributed by atoms with Crippen molar-refractivity contribution in [2.24, 2.45) is 0 Å². The predicted molar refractivity (Wildman–Crippen MR) is 121 cm³/mol. The standard InChI is InChI=1S/C23H27ClN2O4S/c1-15-4-9-21(11-19(15)12-23(28)29)31(30)26-16(2)13-25(14-17(26)3)22(27)10-18-5-7-20(24)8-6-18/h4-9,11,16-17H,10,12-14H2,1-3H3,(H,28,29)/t16-,17+,31?. The van der Waals surface area contributed by atoms with E-state index < -0.39 is 17.0 Å². The van der Waals surface area contributed by atoms with Gasteiger partial charge in [0.1, 0.15) is 11.0 Å². The average molecular weight is 463 g/mol. The molecule has 0 saturated carbocycles. The normalized spacial score (nSPS) is 20.5. The minimum Gasteiger partial charge on any atom is -0.481 e. The van der Waals surface area contributed by atoms with E-state index in [9.17, 15) is 13.8 Å². The summed E-state index contributed by atoms with van der Waals surface area (Å²) < 4.78 is 15.2. The van der Waals surface area contributed by atoms with Crippen LogP contribution >= 0.6 is 11.6 Å². The van der Waals surface area contributed by atoms with E-state index >= 15 is 0 Å². The summed E-state index contributed by atoms with van der Waals surface area (Å²) in [5, 5.41) is 9.76. The van der Waals surface area contributed by atoms with Gasteiger partial charge in [0.2, 0.25) is 5.91 Å². The van der Waals surface area contributed by atoms with Crippen molar-refractivity contribution in [2.45, 2.75) is 50.6 Å². The van der Waals surface area contributed by atoms with Crippen molar-refractivity contribution in [3.63, 3.8) is 0 Å². The number of nitrogens with zero attached hydrogens (tertiary/aromatic N) is 2. The number of rotatable bonds is 6. The van der Waals surface area contributed by atoms with E-state index in [4.69, 9.17) is 16.7 Å². The highest BCUT2D eigenvalue weighted by atomic mass is 35.5. The number of halogens is 1. The van der Waals surface area contributed by atoms with E-state index in [0.717, 1.165) is 11.1 Å². The van der Waals surface area contributed by atoms with E-state index in [1.165, 1.54) is 0 Å². The molecular weight excluding hydrogens is 436 g/mol. The summed E-state index contributed by atoms with van der Waals surface area (Å²) >= 11 is 5.92. The van der Waals surface area contributed by atoms with Crippen LogP contribution in [-0.2, 0) is 33.4 Å². The molecule has 1 amide bonds. The van der Waals surface area contributed by atoms with Crippen LogP contribution in [0.15, 0.2) is 47.4 Å². The number of aliphatic carboxylic acids is 1. The Kier molecular flexibility index (Phi) is 7.51. The highest BCUT2D eigenvalue weighted by molar-refractivity contribution is 7.82. The van der Waals surface area contributed by atoms with Crippen LogP contribution < -0.4 is 0 Å². The quantitative estimate of drug-likeness (QED) is 0.713. The maximum Gasteiger partial charge on any atom is 0.307 e. The van der Waals surface area contributed by atoms with Crippen LogP contribution in [0.5, 0.6) is 0 Å². The van der Waals surface area contributed by atoms with Gasteiger partial charge >= 0.3 is 5.97 Å². The summed E-state index contributed by atoms with van der Waals surface area (Å²) in [5.41, 5.74) is 2.43. The van der Waals surface area contributed by atoms with Crippen LogP contribution in [0.25, 0.3) is 0 Å². The van der Waals surface area contributed by atoms with Gasteiger partial charge in [-0.1, -0.05) is 29.8 Å². The number of carbonyl (C=O) groups is 2. The van der Waals surface area contributed by atoms with Gasteiger partial charge in [0.15, 0.2) is 0 Å². The molecule has 2 aromatic rings. The van der Waals surface area contributed by atoms with Gasteiger partial charge in [-0.25, -0.2) is 8.51 Å². The first-order valence-corrected chi connectivity index (χ1v) is 11.7. The second kappa shape index (κ2) is 9.94. The number of carbonyl (C=O) groups excluding carboxylic acids is 1. The van der Waals surface area contributed by atoms with Crippen molar-refractivity contribution in [2.75, 3.05) is 13.1 Å². The second-order valence-corrected chi connectivity index (χ2v) is 9.90. The third kappa shape index (κ3) is 5.73. The lowest BCUT2D eigenvalue weighted by Gasteiger charge is -2.43. The molecule has 0 bridgehead atoms. The summed E-state index contributed by atoms with van der Waals surface area (Å²) in [6.45, 7) is 6.74. The number of carboxylic acid groups (broad SMARTS) is 1. The summed E-state index contributed by atoms with van der Waals surface area (Å²) in [6.07, 6.45) is 0.200. The minimum absolute atomic E-state index is 0.0329. The van der Waals surface area contributed by atoms with Crippen LogP contribution in [-0.4, -0.2) is 55.6 Å². The maximum atomic E-state index is 13.3. The lowest BCUT2D eigenvalue weighted by Crippen LogP contribution is -2.58. The fourth-order valence-corrected chi connectivity index (χ4v) is 5.54. The van der Waals surface area contributed by atoms with Crippen molar-refractivity contribution < 1.29 is 18.9 Å². The predicted octanol–water partition coefficient (Wildman–Crippen LogP) is 3.46. The average Bonchev–Trinajstić information content (AvgIpc) is 2.70. The molecule has 0 aliphatic carbocycles. The molecule has 1 N–H and O–H groups in total. The summed E-state index contributed by atoms with van der Waals surface area (Å²) in [7, 11) is -1.44. The second-order valence-electron chi connectivity index (χ2n) is 8.07. The van der Waals surface area contributed by atoms with E-state index in [2.05, 4.69) is 0 Å². The molecular formula is C23H27ClN2O4S. The van der Waals surface area contributed by atoms with Gasteiger partial charge in [-0.3, -0.25) is 9.59 Å². The zero-order chi connectivity index (χ0) is 22.7. The van der Waals surface area contributed by atoms with E-state index in [1.807, 2.05) is 48.2 Å². The number of aryl methyl sites for hydroxylation is 1. The number of carboxylic acids is 1. The number of benzene rings is 2. The highest BCUT2D eigenvalue weighted by Gasteiger charge is 2.35. The van der Waals surface area contributed by atoms with Gasteiger partial charge in [-0.05, 0) is 61.7 Å². The van der Waals surface area contributed by atoms with Crippen molar-refractivity contribution in [3.05, 3.63) is 64.2 Å². The first-order chi connectivity index (χ1) is 14.7. The van der Waals surface area contributed by atoms with Crippen LogP contribution in [0.3, 0.4) is 0 Å². The molecule has 2 aromatic carbocycles. The fraction of sp³-hybridized carbons (Fsp3) is 0.391. The zero-order valence-electron chi connectivity index (χ0n) is 17.9. The van der Waals surface area contributed by atoms with Gasteiger partial charge < -0.3 is 10.0 Å². The Morgan fingerprint density at radius 3 is 2.26 bits per heavy atom. The molecule has 166 valence electrons. The maximum absolute atomic E-state index is 13.3. The minimum atomic E-state index is -1.44. The van der Waals surface area contributed by atoms with Crippen LogP contribution in [0.2, 0.25) is 5.02 Å². The fourth-order valence-electron chi connectivity index (χ4n) is 3.96. The molecule has 0 radical (unpaired) electrons. The Hall–Kier alpha value is -2.22. The van der Waals surface area contributed by atoms with Crippen LogP contribution in [0.1, 0.15) is 30.5 Å². The topological polar surface area (TPSA) is 77.9 Å². The molecule has 1 fully saturated rings. The molecule has 1 aliphatic heterocycles. The Balaban J connectivity index is 1.71. The molecule has 1 unspecified atom stereocenters. The molecule has 0 aromatic heterocycles. The van der Waals surface area contributed by atoms with Gasteiger partial charge in [-0.15, -0.1) is 0 Å². The Labute approximate surface area is 190 Å². The van der Waals surface area contributed by atoms with Crippen molar-refractivity contribution in [1.29, 1.82) is 0 Å².